The molecule has 0 unspecified atom stereocenters. The van der Waals surface area contributed by atoms with E-state index in [-0.39, 0.29) is 16.6 Å². The third-order valence-corrected chi connectivity index (χ3v) is 2.88. The molecular weight excluding hydrogens is 206 g/mol. The van der Waals surface area contributed by atoms with Crippen LogP contribution in [0.25, 0.3) is 0 Å². The van der Waals surface area contributed by atoms with Crippen molar-refractivity contribution < 1.29 is 4.79 Å². The van der Waals surface area contributed by atoms with Crippen LogP contribution in [0.1, 0.15) is 56.9 Å². The summed E-state index contributed by atoms with van der Waals surface area (Å²) in [6.45, 7) is 12.0. The van der Waals surface area contributed by atoms with E-state index in [0.717, 1.165) is 10.6 Å². The van der Waals surface area contributed by atoms with Gasteiger partial charge >= 0.3 is 0 Å². The van der Waals surface area contributed by atoms with E-state index in [9.17, 15) is 4.79 Å². The van der Waals surface area contributed by atoms with E-state index in [0.29, 0.717) is 0 Å². The Kier molecular flexibility index (Phi) is 3.06. The first-order valence-electron chi connectivity index (χ1n) is 5.06. The smallest absolute Gasteiger partial charge is 0.180 e. The van der Waals surface area contributed by atoms with Crippen molar-refractivity contribution in [2.75, 3.05) is 0 Å². The highest BCUT2D eigenvalue weighted by Gasteiger charge is 2.31. The van der Waals surface area contributed by atoms with E-state index in [1.807, 2.05) is 20.8 Å². The highest BCUT2D eigenvalue weighted by atomic mass is 32.1. The van der Waals surface area contributed by atoms with Crippen molar-refractivity contribution in [2.24, 2.45) is 5.41 Å². The van der Waals surface area contributed by atoms with Gasteiger partial charge in [-0.25, -0.2) is 4.98 Å². The zero-order valence-electron chi connectivity index (χ0n) is 10.3. The van der Waals surface area contributed by atoms with Crippen LogP contribution in [0, 0.1) is 10.9 Å². The molecule has 1 aromatic rings. The summed E-state index contributed by atoms with van der Waals surface area (Å²) in [7, 11) is 0. The summed E-state index contributed by atoms with van der Waals surface area (Å²) in [4.78, 5) is 17.1. The Bertz CT molecular complexity index is 366. The van der Waals surface area contributed by atoms with Crippen LogP contribution in [0.4, 0.5) is 0 Å². The Balaban J connectivity index is 3.18. The van der Waals surface area contributed by atoms with Gasteiger partial charge in [-0.2, -0.15) is 0 Å². The number of thiazole rings is 1. The molecular formula is C12H18NOS. The molecule has 1 radical (unpaired) electrons. The summed E-state index contributed by atoms with van der Waals surface area (Å²) in [6.07, 6.45) is 0. The SMILES string of the molecule is CC(C)(C)C(=O)c1s[c]nc1C(C)(C)C. The van der Waals surface area contributed by atoms with Crippen molar-refractivity contribution in [3.05, 3.63) is 16.1 Å². The third-order valence-electron chi connectivity index (χ3n) is 2.12. The number of hydrogen-bond acceptors (Lipinski definition) is 3. The first-order chi connectivity index (χ1) is 6.64. The number of Topliss-reactive ketones (excluding diaryl/α,β-unsaturated/α-hetero) is 1. The Morgan fingerprint density at radius 3 is 2.13 bits per heavy atom. The second kappa shape index (κ2) is 3.71. The number of nitrogens with zero attached hydrogens (tertiary/aromatic N) is 1. The van der Waals surface area contributed by atoms with Gasteiger partial charge in [0.1, 0.15) is 0 Å². The molecule has 1 aromatic heterocycles. The average Bonchev–Trinajstić information content (AvgIpc) is 2.47. The van der Waals surface area contributed by atoms with Gasteiger partial charge in [-0.1, -0.05) is 41.5 Å². The number of carbonyl (C=O) groups excluding carboxylic acids is 1. The zero-order chi connectivity index (χ0) is 11.9. The van der Waals surface area contributed by atoms with Gasteiger partial charge in [-0.15, -0.1) is 11.3 Å². The van der Waals surface area contributed by atoms with Gasteiger partial charge in [-0.3, -0.25) is 4.79 Å². The molecule has 0 aliphatic heterocycles. The zero-order valence-corrected chi connectivity index (χ0v) is 11.1. The molecule has 0 saturated carbocycles. The lowest BCUT2D eigenvalue weighted by Gasteiger charge is -2.21. The molecule has 0 saturated heterocycles. The lowest BCUT2D eigenvalue weighted by Crippen LogP contribution is -2.24. The van der Waals surface area contributed by atoms with E-state index < -0.39 is 0 Å². The van der Waals surface area contributed by atoms with Crippen molar-refractivity contribution in [1.29, 1.82) is 0 Å². The van der Waals surface area contributed by atoms with Gasteiger partial charge < -0.3 is 0 Å². The molecule has 15 heavy (non-hydrogen) atoms. The summed E-state index contributed by atoms with van der Waals surface area (Å²) < 4.78 is 0. The van der Waals surface area contributed by atoms with Crippen LogP contribution in [-0.2, 0) is 5.41 Å². The molecule has 0 N–H and O–H groups in total. The lowest BCUT2D eigenvalue weighted by atomic mass is 9.84. The first-order valence-corrected chi connectivity index (χ1v) is 5.88. The maximum atomic E-state index is 12.1. The van der Waals surface area contributed by atoms with Gasteiger partial charge in [-0.05, 0) is 0 Å². The van der Waals surface area contributed by atoms with Gasteiger partial charge in [0.2, 0.25) is 0 Å². The van der Waals surface area contributed by atoms with E-state index in [4.69, 9.17) is 0 Å². The molecule has 0 aromatic carbocycles. The van der Waals surface area contributed by atoms with Gasteiger partial charge in [0.25, 0.3) is 0 Å². The average molecular weight is 224 g/mol. The minimum Gasteiger partial charge on any atom is -0.293 e. The summed E-state index contributed by atoms with van der Waals surface area (Å²) in [5.41, 5.74) is 3.26. The standard InChI is InChI=1S/C12H18NOS/c1-11(2,3)9-8(15-7-13-9)10(14)12(4,5)6/h1-6H3. The highest BCUT2D eigenvalue weighted by molar-refractivity contribution is 7.11. The first kappa shape index (κ1) is 12.4. The lowest BCUT2D eigenvalue weighted by molar-refractivity contribution is 0.0860. The van der Waals surface area contributed by atoms with E-state index in [1.165, 1.54) is 11.3 Å². The van der Waals surface area contributed by atoms with Gasteiger partial charge in [0, 0.05) is 10.8 Å². The fourth-order valence-electron chi connectivity index (χ4n) is 1.22. The molecule has 1 rings (SSSR count). The molecule has 0 bridgehead atoms. The quantitative estimate of drug-likeness (QED) is 0.684. The molecule has 0 aliphatic rings. The van der Waals surface area contributed by atoms with Crippen LogP contribution < -0.4 is 0 Å². The maximum absolute atomic E-state index is 12.1. The van der Waals surface area contributed by atoms with Crippen molar-refractivity contribution >= 4 is 17.1 Å². The Hall–Kier alpha value is -0.700. The monoisotopic (exact) mass is 224 g/mol. The van der Waals surface area contributed by atoms with E-state index in [2.05, 4.69) is 31.3 Å². The van der Waals surface area contributed by atoms with E-state index in [1.54, 1.807) is 0 Å². The molecule has 0 aliphatic carbocycles. The molecule has 0 spiro atoms. The predicted octanol–water partition coefficient (Wildman–Crippen LogP) is 3.47. The molecule has 3 heteroatoms. The predicted molar refractivity (Wildman–Crippen MR) is 63.4 cm³/mol. The highest BCUT2D eigenvalue weighted by Crippen LogP contribution is 2.31. The summed E-state index contributed by atoms with van der Waals surface area (Å²) in [6, 6.07) is 0. The van der Waals surface area contributed by atoms with Crippen LogP contribution in [-0.4, -0.2) is 10.8 Å². The number of hydrogen-bond donors (Lipinski definition) is 0. The van der Waals surface area contributed by atoms with Crippen LogP contribution in [0.3, 0.4) is 0 Å². The summed E-state index contributed by atoms with van der Waals surface area (Å²) in [5, 5.41) is 0. The molecule has 2 nitrogen and oxygen atoms in total. The fraction of sp³-hybridized carbons (Fsp3) is 0.667. The van der Waals surface area contributed by atoms with Crippen LogP contribution in [0.5, 0.6) is 0 Å². The third kappa shape index (κ3) is 2.65. The molecule has 83 valence electrons. The minimum absolute atomic E-state index is 0.0905. The Labute approximate surface area is 95.7 Å². The summed E-state index contributed by atoms with van der Waals surface area (Å²) >= 11 is 1.33. The number of carbonyl (C=O) groups is 1. The topological polar surface area (TPSA) is 30.0 Å². The minimum atomic E-state index is -0.347. The molecule has 0 fully saturated rings. The Morgan fingerprint density at radius 1 is 1.20 bits per heavy atom. The normalized spacial score (nSPS) is 12.9. The van der Waals surface area contributed by atoms with Gasteiger partial charge in [0.15, 0.2) is 11.3 Å². The summed E-state index contributed by atoms with van der Waals surface area (Å²) in [5.74, 6) is 0.158. The second-order valence-corrected chi connectivity index (χ2v) is 6.61. The number of ketones is 1. The maximum Gasteiger partial charge on any atom is 0.180 e. The molecule has 0 atom stereocenters. The van der Waals surface area contributed by atoms with Crippen molar-refractivity contribution in [1.82, 2.24) is 4.98 Å². The van der Waals surface area contributed by atoms with Crippen molar-refractivity contribution in [3.8, 4) is 0 Å². The second-order valence-electron chi connectivity index (χ2n) is 5.81. The molecule has 1 heterocycles. The van der Waals surface area contributed by atoms with Crippen molar-refractivity contribution in [2.45, 2.75) is 47.0 Å². The van der Waals surface area contributed by atoms with Crippen LogP contribution in [0.15, 0.2) is 0 Å². The van der Waals surface area contributed by atoms with E-state index >= 15 is 0 Å². The fourth-order valence-corrected chi connectivity index (χ4v) is 2.29. The molecule has 0 amide bonds. The Morgan fingerprint density at radius 2 is 1.73 bits per heavy atom. The largest absolute Gasteiger partial charge is 0.293 e. The van der Waals surface area contributed by atoms with Gasteiger partial charge in [0.05, 0.1) is 10.6 Å². The van der Waals surface area contributed by atoms with Crippen LogP contribution >= 0.6 is 11.3 Å². The van der Waals surface area contributed by atoms with Crippen LogP contribution in [0.2, 0.25) is 0 Å². The number of rotatable bonds is 1. The van der Waals surface area contributed by atoms with Crippen molar-refractivity contribution in [3.63, 3.8) is 0 Å². The number of aromatic nitrogens is 1.